The molecule has 1 N–H and O–H groups in total. The van der Waals surface area contributed by atoms with Crippen molar-refractivity contribution in [1.82, 2.24) is 0 Å². The molecule has 0 radical (unpaired) electrons. The molecule has 2 nitrogen and oxygen atoms in total. The lowest BCUT2D eigenvalue weighted by atomic mass is 10.1. The largest absolute Gasteiger partial charge is 0.392 e. The van der Waals surface area contributed by atoms with Crippen LogP contribution in [0.2, 0.25) is 4.34 Å². The van der Waals surface area contributed by atoms with Gasteiger partial charge in [0.15, 0.2) is 6.29 Å². The molecule has 1 aromatic heterocycles. The van der Waals surface area contributed by atoms with Crippen molar-refractivity contribution in [2.24, 2.45) is 0 Å². The van der Waals surface area contributed by atoms with Gasteiger partial charge in [0.1, 0.15) is 0 Å². The lowest BCUT2D eigenvalue weighted by molar-refractivity contribution is 0.112. The Hall–Kier alpha value is -0.900. The second-order valence-electron chi connectivity index (χ2n) is 2.92. The Morgan fingerprint density at radius 1 is 1.43 bits per heavy atom. The van der Waals surface area contributed by atoms with Crippen LogP contribution in [0.1, 0.15) is 15.9 Å². The van der Waals surface area contributed by atoms with Gasteiger partial charge in [-0.15, -0.1) is 11.3 Å². The number of aliphatic hydroxyl groups excluding tert-OH is 1. The molecule has 0 atom stereocenters. The summed E-state index contributed by atoms with van der Waals surface area (Å²) >= 11 is 7.25. The van der Waals surface area contributed by atoms with Crippen molar-refractivity contribution >= 4 is 39.3 Å². The average Bonchev–Trinajstić information content (AvgIpc) is 2.56. The number of hydrogen-bond acceptors (Lipinski definition) is 3. The molecule has 0 unspecified atom stereocenters. The quantitative estimate of drug-likeness (QED) is 0.800. The van der Waals surface area contributed by atoms with E-state index in [-0.39, 0.29) is 6.61 Å². The van der Waals surface area contributed by atoms with E-state index in [1.165, 1.54) is 11.3 Å². The summed E-state index contributed by atoms with van der Waals surface area (Å²) < 4.78 is 1.59. The van der Waals surface area contributed by atoms with Gasteiger partial charge in [-0.3, -0.25) is 4.79 Å². The van der Waals surface area contributed by atoms with Crippen LogP contribution in [0.5, 0.6) is 0 Å². The molecule has 0 saturated heterocycles. The van der Waals surface area contributed by atoms with Gasteiger partial charge < -0.3 is 5.11 Å². The first-order chi connectivity index (χ1) is 6.74. The number of aldehydes is 1. The van der Waals surface area contributed by atoms with Gasteiger partial charge >= 0.3 is 0 Å². The van der Waals surface area contributed by atoms with Crippen LogP contribution in [0.15, 0.2) is 18.2 Å². The van der Waals surface area contributed by atoms with Gasteiger partial charge in [-0.1, -0.05) is 11.6 Å². The second-order valence-corrected chi connectivity index (χ2v) is 4.64. The predicted octanol–water partition coefficient (Wildman–Crippen LogP) is 2.86. The van der Waals surface area contributed by atoms with Crippen molar-refractivity contribution in [2.75, 3.05) is 0 Å². The van der Waals surface area contributed by atoms with E-state index in [4.69, 9.17) is 16.7 Å². The minimum absolute atomic E-state index is 0.0632. The molecule has 0 fully saturated rings. The Balaban J connectivity index is 2.78. The summed E-state index contributed by atoms with van der Waals surface area (Å²) in [5, 5.41) is 9.83. The smallest absolute Gasteiger partial charge is 0.150 e. The first-order valence-corrected chi connectivity index (χ1v) is 5.22. The number of thiophene rings is 1. The summed E-state index contributed by atoms with van der Waals surface area (Å²) in [6, 6.07) is 5.30. The van der Waals surface area contributed by atoms with Gasteiger partial charge in [-0.25, -0.2) is 0 Å². The van der Waals surface area contributed by atoms with Crippen LogP contribution in [0.4, 0.5) is 0 Å². The SMILES string of the molecule is O=Cc1cc(CO)cc2sc(Cl)cc12. The predicted molar refractivity (Wildman–Crippen MR) is 58.1 cm³/mol. The number of fused-ring (bicyclic) bond motifs is 1. The van der Waals surface area contributed by atoms with E-state index in [2.05, 4.69) is 0 Å². The lowest BCUT2D eigenvalue weighted by Crippen LogP contribution is -1.87. The van der Waals surface area contributed by atoms with E-state index < -0.39 is 0 Å². The molecular weight excluding hydrogens is 220 g/mol. The number of aliphatic hydroxyl groups is 1. The molecule has 2 rings (SSSR count). The number of hydrogen-bond donors (Lipinski definition) is 1. The monoisotopic (exact) mass is 226 g/mol. The summed E-state index contributed by atoms with van der Waals surface area (Å²) in [7, 11) is 0. The van der Waals surface area contributed by atoms with Crippen LogP contribution in [0.25, 0.3) is 10.1 Å². The Bertz CT molecular complexity index is 490. The summed E-state index contributed by atoms with van der Waals surface area (Å²) in [5.74, 6) is 0. The third-order valence-electron chi connectivity index (χ3n) is 2.01. The van der Waals surface area contributed by atoms with Gasteiger partial charge in [0.05, 0.1) is 10.9 Å². The molecule has 1 heterocycles. The highest BCUT2D eigenvalue weighted by Crippen LogP contribution is 2.32. The zero-order valence-electron chi connectivity index (χ0n) is 7.16. The van der Waals surface area contributed by atoms with Gasteiger partial charge in [-0.05, 0) is 23.8 Å². The standard InChI is InChI=1S/C10H7ClO2S/c11-10-3-8-7(5-13)1-6(4-12)2-9(8)14-10/h1-3,5,12H,4H2. The van der Waals surface area contributed by atoms with E-state index in [0.29, 0.717) is 9.90 Å². The molecular formula is C10H7ClO2S. The van der Waals surface area contributed by atoms with Crippen LogP contribution in [0, 0.1) is 0 Å². The molecule has 0 saturated carbocycles. The van der Waals surface area contributed by atoms with Crippen molar-refractivity contribution < 1.29 is 9.90 Å². The molecule has 0 aliphatic carbocycles. The van der Waals surface area contributed by atoms with Crippen LogP contribution in [0.3, 0.4) is 0 Å². The topological polar surface area (TPSA) is 37.3 Å². The van der Waals surface area contributed by atoms with Crippen LogP contribution in [-0.2, 0) is 6.61 Å². The first kappa shape index (κ1) is 9.65. The summed E-state index contributed by atoms with van der Waals surface area (Å²) in [4.78, 5) is 10.8. The molecule has 1 aromatic carbocycles. The number of benzene rings is 1. The van der Waals surface area contributed by atoms with E-state index in [1.54, 1.807) is 12.1 Å². The highest BCUT2D eigenvalue weighted by Gasteiger charge is 2.06. The summed E-state index contributed by atoms with van der Waals surface area (Å²) in [6.07, 6.45) is 0.782. The van der Waals surface area contributed by atoms with Crippen molar-refractivity contribution in [3.63, 3.8) is 0 Å². The van der Waals surface area contributed by atoms with Crippen molar-refractivity contribution in [3.05, 3.63) is 33.7 Å². The van der Waals surface area contributed by atoms with Gasteiger partial charge in [0.2, 0.25) is 0 Å². The van der Waals surface area contributed by atoms with Gasteiger partial charge in [0.25, 0.3) is 0 Å². The first-order valence-electron chi connectivity index (χ1n) is 4.02. The molecule has 0 aliphatic heterocycles. The molecule has 14 heavy (non-hydrogen) atoms. The number of rotatable bonds is 2. The normalized spacial score (nSPS) is 10.7. The van der Waals surface area contributed by atoms with Crippen LogP contribution in [-0.4, -0.2) is 11.4 Å². The van der Waals surface area contributed by atoms with E-state index in [1.807, 2.05) is 6.07 Å². The molecule has 2 aromatic rings. The fourth-order valence-electron chi connectivity index (χ4n) is 1.38. The Morgan fingerprint density at radius 3 is 2.86 bits per heavy atom. The van der Waals surface area contributed by atoms with Gasteiger partial charge in [-0.2, -0.15) is 0 Å². The summed E-state index contributed by atoms with van der Waals surface area (Å²) in [5.41, 5.74) is 1.31. The van der Waals surface area contributed by atoms with Gasteiger partial charge in [0, 0.05) is 15.6 Å². The van der Waals surface area contributed by atoms with Crippen molar-refractivity contribution in [2.45, 2.75) is 6.61 Å². The fourth-order valence-corrected chi connectivity index (χ4v) is 2.63. The minimum Gasteiger partial charge on any atom is -0.392 e. The minimum atomic E-state index is -0.0632. The second kappa shape index (κ2) is 3.69. The Kier molecular flexibility index (Phi) is 2.54. The number of carbonyl (C=O) groups is 1. The maximum Gasteiger partial charge on any atom is 0.150 e. The maximum absolute atomic E-state index is 10.8. The maximum atomic E-state index is 10.8. The zero-order chi connectivity index (χ0) is 10.1. The molecule has 0 amide bonds. The van der Waals surface area contributed by atoms with E-state index in [9.17, 15) is 4.79 Å². The number of carbonyl (C=O) groups excluding carboxylic acids is 1. The molecule has 72 valence electrons. The lowest BCUT2D eigenvalue weighted by Gasteiger charge is -1.98. The third kappa shape index (κ3) is 1.54. The molecule has 0 aliphatic rings. The number of halogens is 1. The van der Waals surface area contributed by atoms with E-state index >= 15 is 0 Å². The Labute approximate surface area is 89.7 Å². The summed E-state index contributed by atoms with van der Waals surface area (Å²) in [6.45, 7) is -0.0632. The highest BCUT2D eigenvalue weighted by atomic mass is 35.5. The molecule has 0 spiro atoms. The molecule has 4 heteroatoms. The highest BCUT2D eigenvalue weighted by molar-refractivity contribution is 7.22. The molecule has 0 bridgehead atoms. The van der Waals surface area contributed by atoms with Crippen LogP contribution >= 0.6 is 22.9 Å². The van der Waals surface area contributed by atoms with Crippen molar-refractivity contribution in [1.29, 1.82) is 0 Å². The van der Waals surface area contributed by atoms with E-state index in [0.717, 1.165) is 21.9 Å². The third-order valence-corrected chi connectivity index (χ3v) is 3.22. The average molecular weight is 227 g/mol. The zero-order valence-corrected chi connectivity index (χ0v) is 8.73. The van der Waals surface area contributed by atoms with Crippen LogP contribution < -0.4 is 0 Å². The van der Waals surface area contributed by atoms with Crippen molar-refractivity contribution in [3.8, 4) is 0 Å². The Morgan fingerprint density at radius 2 is 2.21 bits per heavy atom. The fraction of sp³-hybridized carbons (Fsp3) is 0.100.